The average Bonchev–Trinajstić information content (AvgIpc) is 3.46. The smallest absolute Gasteiger partial charge is 0.283 e. The second-order valence-electron chi connectivity index (χ2n) is 8.45. The molecule has 0 bridgehead atoms. The quantitative estimate of drug-likeness (QED) is 0.387. The molecule has 1 amide bonds. The number of aromatic nitrogens is 1. The predicted molar refractivity (Wildman–Crippen MR) is 143 cm³/mol. The Morgan fingerprint density at radius 1 is 0.971 bits per heavy atom. The summed E-state index contributed by atoms with van der Waals surface area (Å²) in [6.45, 7) is 2.83. The van der Waals surface area contributed by atoms with Gasteiger partial charge in [-0.15, -0.1) is 0 Å². The number of nitrogens with one attached hydrogen (secondary N) is 1. The molecular weight excluding hydrogens is 454 g/mol. The lowest BCUT2D eigenvalue weighted by Crippen LogP contribution is -2.35. The van der Waals surface area contributed by atoms with Gasteiger partial charge in [-0.3, -0.25) is 10.2 Å². The molecule has 35 heavy (non-hydrogen) atoms. The Morgan fingerprint density at radius 3 is 2.54 bits per heavy atom. The van der Waals surface area contributed by atoms with Crippen molar-refractivity contribution < 1.29 is 4.79 Å². The number of nitrogens with zero attached hydrogens (tertiary/aromatic N) is 4. The summed E-state index contributed by atoms with van der Waals surface area (Å²) in [6, 6.07) is 26.2. The molecule has 6 nitrogen and oxygen atoms in total. The summed E-state index contributed by atoms with van der Waals surface area (Å²) in [5.74, 6) is -0.386. The fourth-order valence-corrected chi connectivity index (χ4v) is 5.23. The van der Waals surface area contributed by atoms with E-state index in [1.165, 1.54) is 27.9 Å². The van der Waals surface area contributed by atoms with Gasteiger partial charge in [0.25, 0.3) is 5.91 Å². The fourth-order valence-electron chi connectivity index (χ4n) is 4.34. The highest BCUT2D eigenvalue weighted by Gasteiger charge is 2.36. The Bertz CT molecular complexity index is 1600. The minimum absolute atomic E-state index is 0.0363. The first-order valence-electron chi connectivity index (χ1n) is 11.3. The highest BCUT2D eigenvalue weighted by molar-refractivity contribution is 8.27. The van der Waals surface area contributed by atoms with Gasteiger partial charge in [0.1, 0.15) is 5.04 Å². The van der Waals surface area contributed by atoms with Gasteiger partial charge in [-0.2, -0.15) is 15.1 Å². The molecular formula is C28H21N5OS. The fraction of sp³-hybridized carbons (Fsp3) is 0.0714. The summed E-state index contributed by atoms with van der Waals surface area (Å²) in [4.78, 5) is 17.2. The van der Waals surface area contributed by atoms with Crippen molar-refractivity contribution in [2.45, 2.75) is 13.5 Å². The van der Waals surface area contributed by atoms with Gasteiger partial charge in [-0.05, 0) is 42.0 Å². The molecule has 2 aliphatic rings. The topological polar surface area (TPSA) is 73.8 Å². The van der Waals surface area contributed by atoms with Crippen LogP contribution in [-0.4, -0.2) is 31.5 Å². The molecule has 1 N–H and O–H groups in total. The second kappa shape index (κ2) is 8.52. The Hall–Kier alpha value is -4.23. The van der Waals surface area contributed by atoms with Gasteiger partial charge in [-0.1, -0.05) is 72.8 Å². The first-order valence-corrected chi connectivity index (χ1v) is 12.1. The van der Waals surface area contributed by atoms with E-state index in [2.05, 4.69) is 39.8 Å². The van der Waals surface area contributed by atoms with Crippen LogP contribution in [0.3, 0.4) is 0 Å². The van der Waals surface area contributed by atoms with E-state index in [-0.39, 0.29) is 11.4 Å². The molecule has 0 saturated heterocycles. The zero-order valence-corrected chi connectivity index (χ0v) is 19.8. The summed E-state index contributed by atoms with van der Waals surface area (Å²) < 4.78 is 2.19. The van der Waals surface area contributed by atoms with Crippen molar-refractivity contribution in [3.05, 3.63) is 113 Å². The van der Waals surface area contributed by atoms with Crippen LogP contribution in [0.2, 0.25) is 0 Å². The number of rotatable bonds is 4. The van der Waals surface area contributed by atoms with Crippen molar-refractivity contribution >= 4 is 50.7 Å². The molecule has 6 rings (SSSR count). The van der Waals surface area contributed by atoms with Gasteiger partial charge in [0.15, 0.2) is 5.84 Å². The third kappa shape index (κ3) is 3.80. The third-order valence-electron chi connectivity index (χ3n) is 6.20. The molecule has 4 aromatic rings. The van der Waals surface area contributed by atoms with Crippen LogP contribution in [0.5, 0.6) is 0 Å². The van der Waals surface area contributed by atoms with Gasteiger partial charge in [0.05, 0.1) is 5.57 Å². The number of hydrazone groups is 1. The van der Waals surface area contributed by atoms with Crippen LogP contribution in [0.1, 0.15) is 22.3 Å². The minimum Gasteiger partial charge on any atom is -0.342 e. The molecule has 7 heteroatoms. The number of para-hydroxylation sites is 1. The third-order valence-corrected chi connectivity index (χ3v) is 7.15. The van der Waals surface area contributed by atoms with Crippen LogP contribution in [0.15, 0.2) is 101 Å². The van der Waals surface area contributed by atoms with Gasteiger partial charge in [0, 0.05) is 34.8 Å². The van der Waals surface area contributed by atoms with E-state index in [9.17, 15) is 4.79 Å². The molecule has 0 atom stereocenters. The molecule has 0 saturated carbocycles. The lowest BCUT2D eigenvalue weighted by molar-refractivity contribution is -0.114. The number of hydrogen-bond acceptors (Lipinski definition) is 4. The average molecular weight is 476 g/mol. The van der Waals surface area contributed by atoms with Crippen molar-refractivity contribution in [2.24, 2.45) is 10.1 Å². The van der Waals surface area contributed by atoms with E-state index >= 15 is 0 Å². The Morgan fingerprint density at radius 2 is 1.71 bits per heavy atom. The van der Waals surface area contributed by atoms with E-state index < -0.39 is 5.91 Å². The molecule has 1 aromatic heterocycles. The van der Waals surface area contributed by atoms with Crippen LogP contribution < -0.4 is 0 Å². The number of carbonyl (C=O) groups excluding carboxylic acids is 1. The van der Waals surface area contributed by atoms with Crippen LogP contribution in [-0.2, 0) is 11.3 Å². The number of amidine groups is 2. The second-order valence-corrected chi connectivity index (χ2v) is 9.40. The van der Waals surface area contributed by atoms with E-state index in [4.69, 9.17) is 5.41 Å². The molecule has 0 aliphatic carbocycles. The first-order chi connectivity index (χ1) is 17.1. The molecule has 2 aliphatic heterocycles. The summed E-state index contributed by atoms with van der Waals surface area (Å²) >= 11 is 1.31. The number of aryl methyl sites for hydroxylation is 1. The van der Waals surface area contributed by atoms with Crippen molar-refractivity contribution in [1.29, 1.82) is 5.41 Å². The van der Waals surface area contributed by atoms with E-state index in [0.29, 0.717) is 5.17 Å². The number of aliphatic imine (C=N–C) groups is 1. The number of amides is 1. The molecule has 170 valence electrons. The maximum Gasteiger partial charge on any atom is 0.283 e. The van der Waals surface area contributed by atoms with Crippen molar-refractivity contribution in [3.63, 3.8) is 0 Å². The van der Waals surface area contributed by atoms with Crippen LogP contribution in [0, 0.1) is 12.3 Å². The highest BCUT2D eigenvalue weighted by Crippen LogP contribution is 2.32. The molecule has 0 fully saturated rings. The number of fused-ring (bicyclic) bond motifs is 2. The Labute approximate surface area is 206 Å². The summed E-state index contributed by atoms with van der Waals surface area (Å²) in [5.41, 5.74) is 5.57. The molecule has 3 aromatic carbocycles. The van der Waals surface area contributed by atoms with Gasteiger partial charge >= 0.3 is 0 Å². The van der Waals surface area contributed by atoms with E-state index in [1.807, 2.05) is 66.9 Å². The largest absolute Gasteiger partial charge is 0.342 e. The standard InChI is InChI=1S/C28H21N5OS/c1-18-9-5-6-12-20(18)16-32-17-21(22-13-7-8-14-24(22)32)15-23-25(29)33-28(30-26(23)34)35-27(31-33)19-10-3-2-4-11-19/h2-15,17,29H,16H2,1H3/b23-15-,29-25?. The van der Waals surface area contributed by atoms with E-state index in [0.717, 1.165) is 33.6 Å². The number of carbonyl (C=O) groups is 1. The Balaban J connectivity index is 1.39. The number of hydrogen-bond donors (Lipinski definition) is 1. The monoisotopic (exact) mass is 475 g/mol. The zero-order valence-electron chi connectivity index (χ0n) is 19.0. The maximum absolute atomic E-state index is 13.0. The number of benzene rings is 3. The van der Waals surface area contributed by atoms with Crippen LogP contribution >= 0.6 is 11.8 Å². The predicted octanol–water partition coefficient (Wildman–Crippen LogP) is 5.67. The molecule has 0 spiro atoms. The highest BCUT2D eigenvalue weighted by atomic mass is 32.2. The summed E-state index contributed by atoms with van der Waals surface area (Å²) in [6.07, 6.45) is 3.81. The van der Waals surface area contributed by atoms with E-state index in [1.54, 1.807) is 6.08 Å². The minimum atomic E-state index is -0.422. The van der Waals surface area contributed by atoms with Crippen molar-refractivity contribution in [3.8, 4) is 0 Å². The molecule has 0 unspecified atom stereocenters. The molecule has 0 radical (unpaired) electrons. The Kier molecular flexibility index (Phi) is 5.19. The lowest BCUT2D eigenvalue weighted by atomic mass is 10.1. The van der Waals surface area contributed by atoms with Gasteiger partial charge in [0.2, 0.25) is 5.17 Å². The molecule has 3 heterocycles. The normalized spacial score (nSPS) is 16.6. The number of thioether (sulfide) groups is 1. The lowest BCUT2D eigenvalue weighted by Gasteiger charge is -2.20. The van der Waals surface area contributed by atoms with Gasteiger partial charge in [-0.25, -0.2) is 0 Å². The van der Waals surface area contributed by atoms with Crippen LogP contribution in [0.25, 0.3) is 17.0 Å². The summed E-state index contributed by atoms with van der Waals surface area (Å²) in [7, 11) is 0. The SMILES string of the molecule is Cc1ccccc1Cn1cc(/C=C2/C(=N)N3N=C(c4ccccc4)SC3=NC2=O)c2ccccc21. The zero-order chi connectivity index (χ0) is 23.9. The maximum atomic E-state index is 13.0. The van der Waals surface area contributed by atoms with Crippen molar-refractivity contribution in [2.75, 3.05) is 0 Å². The summed E-state index contributed by atoms with van der Waals surface area (Å²) in [5, 5.41) is 16.9. The first kappa shape index (κ1) is 21.3. The van der Waals surface area contributed by atoms with Crippen molar-refractivity contribution in [1.82, 2.24) is 9.58 Å². The van der Waals surface area contributed by atoms with Gasteiger partial charge < -0.3 is 4.57 Å². The van der Waals surface area contributed by atoms with Crippen LogP contribution in [0.4, 0.5) is 0 Å².